The average Bonchev–Trinajstić information content (AvgIpc) is 2.91. The number of rotatable bonds is 6. The van der Waals surface area contributed by atoms with Crippen molar-refractivity contribution in [1.82, 2.24) is 15.5 Å². The third-order valence-electron chi connectivity index (χ3n) is 3.06. The predicted octanol–water partition coefficient (Wildman–Crippen LogP) is 2.06. The smallest absolute Gasteiger partial charge is 0.228 e. The summed E-state index contributed by atoms with van der Waals surface area (Å²) in [6.07, 6.45) is 0.102. The third kappa shape index (κ3) is 5.03. The molecule has 0 fully saturated rings. The van der Waals surface area contributed by atoms with Crippen molar-refractivity contribution in [2.75, 3.05) is 12.4 Å². The van der Waals surface area contributed by atoms with Crippen molar-refractivity contribution in [3.05, 3.63) is 34.8 Å². The van der Waals surface area contributed by atoms with Crippen LogP contribution in [0.4, 0.5) is 5.13 Å². The van der Waals surface area contributed by atoms with Gasteiger partial charge in [0.2, 0.25) is 16.9 Å². The van der Waals surface area contributed by atoms with Gasteiger partial charge in [0, 0.05) is 6.92 Å². The van der Waals surface area contributed by atoms with Gasteiger partial charge in [-0.2, -0.15) is 0 Å². The summed E-state index contributed by atoms with van der Waals surface area (Å²) in [5, 5.41) is 14.4. The Morgan fingerprint density at radius 3 is 2.48 bits per heavy atom. The van der Waals surface area contributed by atoms with Crippen LogP contribution >= 0.6 is 11.3 Å². The van der Waals surface area contributed by atoms with Crippen LogP contribution in [0.3, 0.4) is 0 Å². The molecule has 23 heavy (non-hydrogen) atoms. The highest BCUT2D eigenvalue weighted by Gasteiger charge is 2.18. The topological polar surface area (TPSA) is 93.2 Å². The fourth-order valence-corrected chi connectivity index (χ4v) is 2.64. The minimum Gasteiger partial charge on any atom is -0.497 e. The van der Waals surface area contributed by atoms with Gasteiger partial charge in [0.1, 0.15) is 10.8 Å². The van der Waals surface area contributed by atoms with Gasteiger partial charge in [-0.05, 0) is 24.6 Å². The first-order valence-electron chi connectivity index (χ1n) is 6.99. The summed E-state index contributed by atoms with van der Waals surface area (Å²) in [6, 6.07) is 6.79. The highest BCUT2D eigenvalue weighted by Crippen LogP contribution is 2.22. The molecule has 2 rings (SSSR count). The second kappa shape index (κ2) is 7.68. The van der Waals surface area contributed by atoms with Gasteiger partial charge < -0.3 is 15.4 Å². The Morgan fingerprint density at radius 2 is 1.96 bits per heavy atom. The second-order valence-electron chi connectivity index (χ2n) is 4.90. The molecule has 1 heterocycles. The number of carbonyl (C=O) groups is 2. The van der Waals surface area contributed by atoms with Gasteiger partial charge >= 0.3 is 0 Å². The monoisotopic (exact) mass is 334 g/mol. The summed E-state index contributed by atoms with van der Waals surface area (Å²) >= 11 is 1.30. The van der Waals surface area contributed by atoms with E-state index in [0.717, 1.165) is 10.6 Å². The van der Waals surface area contributed by atoms with Crippen LogP contribution in [0.2, 0.25) is 0 Å². The van der Waals surface area contributed by atoms with Gasteiger partial charge in [0.15, 0.2) is 0 Å². The average molecular weight is 334 g/mol. The maximum Gasteiger partial charge on any atom is 0.228 e. The maximum atomic E-state index is 12.2. The van der Waals surface area contributed by atoms with E-state index in [1.165, 1.54) is 18.3 Å². The van der Waals surface area contributed by atoms with Crippen LogP contribution in [-0.4, -0.2) is 29.1 Å². The summed E-state index contributed by atoms with van der Waals surface area (Å²) in [5.41, 5.74) is 0.824. The summed E-state index contributed by atoms with van der Waals surface area (Å²) < 4.78 is 5.11. The highest BCUT2D eigenvalue weighted by molar-refractivity contribution is 7.15. The summed E-state index contributed by atoms with van der Waals surface area (Å²) in [4.78, 5) is 23.6. The van der Waals surface area contributed by atoms with Crippen LogP contribution in [0.25, 0.3) is 0 Å². The van der Waals surface area contributed by atoms with Gasteiger partial charge in [-0.1, -0.05) is 23.5 Å². The quantitative estimate of drug-likeness (QED) is 0.843. The SMILES string of the molecule is COc1ccc([C@H](CC(=O)Nc2nnc(C)s2)NC(C)=O)cc1. The Balaban J connectivity index is 2.07. The maximum absolute atomic E-state index is 12.2. The summed E-state index contributed by atoms with van der Waals surface area (Å²) in [6.45, 7) is 3.23. The Morgan fingerprint density at radius 1 is 1.26 bits per heavy atom. The standard InChI is InChI=1S/C15H18N4O3S/c1-9(20)16-13(11-4-6-12(22-3)7-5-11)8-14(21)17-15-19-18-10(2)23-15/h4-7,13H,8H2,1-3H3,(H,16,20)(H,17,19,21)/t13-/m0/s1. The van der Waals surface area contributed by atoms with Crippen LogP contribution in [0.5, 0.6) is 5.75 Å². The Labute approximate surface area is 138 Å². The molecule has 2 aromatic rings. The number of aromatic nitrogens is 2. The van der Waals surface area contributed by atoms with E-state index in [1.807, 2.05) is 19.1 Å². The van der Waals surface area contributed by atoms with Crippen LogP contribution in [0, 0.1) is 6.92 Å². The molecule has 2 amide bonds. The first kappa shape index (κ1) is 16.9. The van der Waals surface area contributed by atoms with Crippen molar-refractivity contribution in [2.24, 2.45) is 0 Å². The lowest BCUT2D eigenvalue weighted by Gasteiger charge is -2.18. The lowest BCUT2D eigenvalue weighted by Crippen LogP contribution is -2.29. The highest BCUT2D eigenvalue weighted by atomic mass is 32.1. The van der Waals surface area contributed by atoms with E-state index in [0.29, 0.717) is 10.9 Å². The minimum absolute atomic E-state index is 0.102. The molecule has 0 aliphatic rings. The van der Waals surface area contributed by atoms with E-state index in [-0.39, 0.29) is 18.2 Å². The molecule has 0 saturated carbocycles. The first-order valence-corrected chi connectivity index (χ1v) is 7.80. The number of methoxy groups -OCH3 is 1. The number of amides is 2. The Bertz CT molecular complexity index is 684. The fourth-order valence-electron chi connectivity index (χ4n) is 2.04. The lowest BCUT2D eigenvalue weighted by molar-refractivity contribution is -0.120. The molecule has 0 saturated heterocycles. The Hall–Kier alpha value is -2.48. The zero-order valence-electron chi connectivity index (χ0n) is 13.1. The lowest BCUT2D eigenvalue weighted by atomic mass is 10.0. The number of carbonyl (C=O) groups excluding carboxylic acids is 2. The second-order valence-corrected chi connectivity index (χ2v) is 6.09. The molecule has 1 atom stereocenters. The molecular formula is C15H18N4O3S. The van der Waals surface area contributed by atoms with Gasteiger partial charge in [0.25, 0.3) is 0 Å². The van der Waals surface area contributed by atoms with Crippen LogP contribution in [0.15, 0.2) is 24.3 Å². The molecule has 7 nitrogen and oxygen atoms in total. The van der Waals surface area contributed by atoms with Crippen molar-refractivity contribution in [3.8, 4) is 5.75 Å². The van der Waals surface area contributed by atoms with Crippen LogP contribution < -0.4 is 15.4 Å². The molecule has 0 unspecified atom stereocenters. The molecule has 0 spiro atoms. The molecule has 0 aliphatic heterocycles. The molecule has 1 aromatic carbocycles. The summed E-state index contributed by atoms with van der Waals surface area (Å²) in [5.74, 6) is 0.269. The Kier molecular flexibility index (Phi) is 5.64. The molecule has 0 radical (unpaired) electrons. The molecule has 1 aromatic heterocycles. The fraction of sp³-hybridized carbons (Fsp3) is 0.333. The van der Waals surface area contributed by atoms with E-state index in [9.17, 15) is 9.59 Å². The number of ether oxygens (including phenoxy) is 1. The van der Waals surface area contributed by atoms with E-state index < -0.39 is 6.04 Å². The van der Waals surface area contributed by atoms with E-state index in [1.54, 1.807) is 19.2 Å². The van der Waals surface area contributed by atoms with Gasteiger partial charge in [0.05, 0.1) is 19.6 Å². The molecule has 2 N–H and O–H groups in total. The normalized spacial score (nSPS) is 11.6. The molecule has 8 heteroatoms. The van der Waals surface area contributed by atoms with E-state index in [2.05, 4.69) is 20.8 Å². The molecule has 122 valence electrons. The van der Waals surface area contributed by atoms with Crippen molar-refractivity contribution < 1.29 is 14.3 Å². The molecule has 0 aliphatic carbocycles. The largest absolute Gasteiger partial charge is 0.497 e. The van der Waals surface area contributed by atoms with Crippen LogP contribution in [-0.2, 0) is 9.59 Å². The number of nitrogens with one attached hydrogen (secondary N) is 2. The predicted molar refractivity (Wildman–Crippen MR) is 87.4 cm³/mol. The van der Waals surface area contributed by atoms with Crippen LogP contribution in [0.1, 0.15) is 30.0 Å². The zero-order chi connectivity index (χ0) is 16.8. The van der Waals surface area contributed by atoms with E-state index >= 15 is 0 Å². The number of anilines is 1. The number of aryl methyl sites for hydroxylation is 1. The first-order chi connectivity index (χ1) is 11.0. The van der Waals surface area contributed by atoms with Crippen molar-refractivity contribution in [2.45, 2.75) is 26.3 Å². The molecular weight excluding hydrogens is 316 g/mol. The van der Waals surface area contributed by atoms with Gasteiger partial charge in [-0.3, -0.25) is 9.59 Å². The van der Waals surface area contributed by atoms with Crippen molar-refractivity contribution in [3.63, 3.8) is 0 Å². The van der Waals surface area contributed by atoms with Gasteiger partial charge in [-0.15, -0.1) is 10.2 Å². The summed E-state index contributed by atoms with van der Waals surface area (Å²) in [7, 11) is 1.58. The number of nitrogens with zero attached hydrogens (tertiary/aromatic N) is 2. The number of hydrogen-bond acceptors (Lipinski definition) is 6. The number of benzene rings is 1. The molecule has 0 bridgehead atoms. The number of hydrogen-bond donors (Lipinski definition) is 2. The zero-order valence-corrected chi connectivity index (χ0v) is 13.9. The van der Waals surface area contributed by atoms with Gasteiger partial charge in [-0.25, -0.2) is 0 Å². The van der Waals surface area contributed by atoms with Crippen molar-refractivity contribution >= 4 is 28.3 Å². The van der Waals surface area contributed by atoms with E-state index in [4.69, 9.17) is 4.74 Å². The van der Waals surface area contributed by atoms with Crippen molar-refractivity contribution in [1.29, 1.82) is 0 Å². The third-order valence-corrected chi connectivity index (χ3v) is 3.81. The minimum atomic E-state index is -0.424.